The highest BCUT2D eigenvalue weighted by Crippen LogP contribution is 2.28. The first-order chi connectivity index (χ1) is 8.56. The second-order valence-corrected chi connectivity index (χ2v) is 5.01. The third-order valence-electron chi connectivity index (χ3n) is 2.90. The van der Waals surface area contributed by atoms with E-state index in [0.717, 1.165) is 18.5 Å². The zero-order valence-electron chi connectivity index (χ0n) is 10.1. The van der Waals surface area contributed by atoms with Crippen molar-refractivity contribution in [2.75, 3.05) is 18.8 Å². The highest BCUT2D eigenvalue weighted by molar-refractivity contribution is 9.10. The Morgan fingerprint density at radius 1 is 1.56 bits per heavy atom. The summed E-state index contributed by atoms with van der Waals surface area (Å²) in [7, 11) is 0. The van der Waals surface area contributed by atoms with E-state index in [9.17, 15) is 4.79 Å². The maximum Gasteiger partial charge on any atom is 0.322 e. The zero-order chi connectivity index (χ0) is 13.1. The Kier molecular flexibility index (Phi) is 4.13. The number of carbonyl (C=O) groups excluding carboxylic acids is 1. The fourth-order valence-corrected chi connectivity index (χ4v) is 2.32. The van der Waals surface area contributed by atoms with Crippen molar-refractivity contribution in [3.05, 3.63) is 16.5 Å². The van der Waals surface area contributed by atoms with Gasteiger partial charge in [0, 0.05) is 25.9 Å². The molecule has 7 heteroatoms. The number of hydrogen-bond donors (Lipinski definition) is 1. The summed E-state index contributed by atoms with van der Waals surface area (Å²) in [5.41, 5.74) is 6.54. The lowest BCUT2D eigenvalue weighted by molar-refractivity contribution is -0.192. The topological polar surface area (TPSA) is 81.3 Å². The molecule has 1 saturated heterocycles. The van der Waals surface area contributed by atoms with Crippen LogP contribution in [-0.4, -0.2) is 34.1 Å². The number of piperidine rings is 1. The molecule has 0 radical (unpaired) electrons. The van der Waals surface area contributed by atoms with Crippen LogP contribution in [0.15, 0.2) is 10.8 Å². The minimum atomic E-state index is -0.275. The molecule has 0 bridgehead atoms. The summed E-state index contributed by atoms with van der Waals surface area (Å²) in [4.78, 5) is 24.4. The van der Waals surface area contributed by atoms with Gasteiger partial charge in [-0.2, -0.15) is 0 Å². The Hall–Kier alpha value is -1.21. The number of nitrogens with zero attached hydrogens (tertiary/aromatic N) is 3. The largest absolute Gasteiger partial charge is 0.381 e. The van der Waals surface area contributed by atoms with Crippen molar-refractivity contribution >= 4 is 27.7 Å². The lowest BCUT2D eigenvalue weighted by Gasteiger charge is -2.29. The van der Waals surface area contributed by atoms with Crippen LogP contribution in [0, 0.1) is 0 Å². The van der Waals surface area contributed by atoms with E-state index in [2.05, 4.69) is 25.9 Å². The molecule has 0 amide bonds. The van der Waals surface area contributed by atoms with Gasteiger partial charge in [0.2, 0.25) is 0 Å². The molecule has 1 fully saturated rings. The number of halogens is 1. The van der Waals surface area contributed by atoms with Crippen LogP contribution >= 0.6 is 15.9 Å². The van der Waals surface area contributed by atoms with E-state index >= 15 is 0 Å². The van der Waals surface area contributed by atoms with Crippen LogP contribution in [0.4, 0.5) is 5.82 Å². The number of anilines is 1. The quantitative estimate of drug-likeness (QED) is 0.890. The maximum absolute atomic E-state index is 10.8. The van der Waals surface area contributed by atoms with Crippen LogP contribution < -0.4 is 5.73 Å². The predicted molar refractivity (Wildman–Crippen MR) is 69.5 cm³/mol. The Morgan fingerprint density at radius 3 is 2.78 bits per heavy atom. The molecule has 2 heterocycles. The Morgan fingerprint density at radius 2 is 2.22 bits per heavy atom. The minimum absolute atomic E-state index is 0.275. The molecule has 6 nitrogen and oxygen atoms in total. The minimum Gasteiger partial charge on any atom is -0.381 e. The van der Waals surface area contributed by atoms with E-state index < -0.39 is 0 Å². The molecule has 1 aliphatic heterocycles. The van der Waals surface area contributed by atoms with E-state index in [1.54, 1.807) is 11.3 Å². The molecule has 0 aromatic carbocycles. The van der Waals surface area contributed by atoms with Crippen LogP contribution in [0.3, 0.4) is 0 Å². The van der Waals surface area contributed by atoms with Gasteiger partial charge in [0.25, 0.3) is 0 Å². The van der Waals surface area contributed by atoms with Gasteiger partial charge in [-0.1, -0.05) is 0 Å². The molecule has 0 aliphatic carbocycles. The van der Waals surface area contributed by atoms with Gasteiger partial charge in [0.05, 0.1) is 11.9 Å². The zero-order valence-corrected chi connectivity index (χ0v) is 11.7. The lowest BCUT2D eigenvalue weighted by Crippen LogP contribution is -2.34. The SMILES string of the molecule is CC(=O)ON1CCC(c2cnc(N)c(Br)n2)CC1. The van der Waals surface area contributed by atoms with Crippen LogP contribution in [0.25, 0.3) is 0 Å². The van der Waals surface area contributed by atoms with Crippen molar-refractivity contribution < 1.29 is 9.63 Å². The van der Waals surface area contributed by atoms with E-state index in [0.29, 0.717) is 29.4 Å². The summed E-state index contributed by atoms with van der Waals surface area (Å²) in [5.74, 6) is 0.459. The average molecular weight is 315 g/mol. The second-order valence-electron chi connectivity index (χ2n) is 4.26. The Balaban J connectivity index is 1.96. The van der Waals surface area contributed by atoms with Gasteiger partial charge < -0.3 is 10.6 Å². The van der Waals surface area contributed by atoms with Crippen LogP contribution in [0.5, 0.6) is 0 Å². The number of aromatic nitrogens is 2. The molecule has 1 aromatic rings. The number of hydroxylamine groups is 2. The average Bonchev–Trinajstić information content (AvgIpc) is 2.33. The van der Waals surface area contributed by atoms with Crippen molar-refractivity contribution in [2.24, 2.45) is 0 Å². The van der Waals surface area contributed by atoms with Crippen LogP contribution in [0.2, 0.25) is 0 Å². The maximum atomic E-state index is 10.8. The van der Waals surface area contributed by atoms with Crippen molar-refractivity contribution in [1.29, 1.82) is 0 Å². The van der Waals surface area contributed by atoms with Crippen molar-refractivity contribution in [1.82, 2.24) is 15.0 Å². The predicted octanol–water partition coefficient (Wildman–Crippen LogP) is 1.48. The van der Waals surface area contributed by atoms with Gasteiger partial charge in [0.1, 0.15) is 4.60 Å². The van der Waals surface area contributed by atoms with Gasteiger partial charge in [-0.15, -0.1) is 5.06 Å². The first kappa shape index (κ1) is 13.2. The standard InChI is InChI=1S/C11H15BrN4O2/c1-7(17)18-16-4-2-8(3-5-16)9-6-14-11(13)10(12)15-9/h6,8H,2-5H2,1H3,(H2,13,14). The van der Waals surface area contributed by atoms with E-state index in [1.807, 2.05) is 0 Å². The molecule has 0 unspecified atom stereocenters. The van der Waals surface area contributed by atoms with Gasteiger partial charge in [0.15, 0.2) is 5.82 Å². The fraction of sp³-hybridized carbons (Fsp3) is 0.545. The fourth-order valence-electron chi connectivity index (χ4n) is 2.01. The Bertz CT molecular complexity index is 447. The van der Waals surface area contributed by atoms with E-state index in [4.69, 9.17) is 10.6 Å². The second kappa shape index (κ2) is 5.62. The number of nitrogen functional groups attached to an aromatic ring is 1. The summed E-state index contributed by atoms with van der Waals surface area (Å²) in [6.07, 6.45) is 3.49. The summed E-state index contributed by atoms with van der Waals surface area (Å²) in [6.45, 7) is 2.84. The summed E-state index contributed by atoms with van der Waals surface area (Å²) < 4.78 is 0.586. The normalized spacial score (nSPS) is 17.7. The molecule has 1 aromatic heterocycles. The highest BCUT2D eigenvalue weighted by Gasteiger charge is 2.23. The van der Waals surface area contributed by atoms with Gasteiger partial charge in [-0.05, 0) is 28.8 Å². The molecule has 2 rings (SSSR count). The van der Waals surface area contributed by atoms with Crippen molar-refractivity contribution in [2.45, 2.75) is 25.7 Å². The molecular formula is C11H15BrN4O2. The van der Waals surface area contributed by atoms with Gasteiger partial charge in [-0.25, -0.2) is 9.97 Å². The number of carbonyl (C=O) groups is 1. The van der Waals surface area contributed by atoms with Crippen molar-refractivity contribution in [3.63, 3.8) is 0 Å². The van der Waals surface area contributed by atoms with Crippen LogP contribution in [0.1, 0.15) is 31.4 Å². The molecule has 0 atom stereocenters. The van der Waals surface area contributed by atoms with Gasteiger partial charge in [-0.3, -0.25) is 4.79 Å². The first-order valence-electron chi connectivity index (χ1n) is 5.77. The van der Waals surface area contributed by atoms with E-state index in [1.165, 1.54) is 6.92 Å². The highest BCUT2D eigenvalue weighted by atomic mass is 79.9. The molecule has 1 aliphatic rings. The third kappa shape index (κ3) is 3.17. The summed E-state index contributed by atoms with van der Waals surface area (Å²) >= 11 is 3.28. The molecular weight excluding hydrogens is 300 g/mol. The molecule has 0 spiro atoms. The van der Waals surface area contributed by atoms with Gasteiger partial charge >= 0.3 is 5.97 Å². The number of rotatable bonds is 2. The lowest BCUT2D eigenvalue weighted by atomic mass is 9.95. The molecule has 2 N–H and O–H groups in total. The monoisotopic (exact) mass is 314 g/mol. The molecule has 0 saturated carbocycles. The first-order valence-corrected chi connectivity index (χ1v) is 6.57. The number of nitrogens with two attached hydrogens (primary N) is 1. The number of hydrogen-bond acceptors (Lipinski definition) is 6. The summed E-state index contributed by atoms with van der Waals surface area (Å²) in [6, 6.07) is 0. The Labute approximate surface area is 114 Å². The third-order valence-corrected chi connectivity index (χ3v) is 3.49. The van der Waals surface area contributed by atoms with E-state index in [-0.39, 0.29) is 5.97 Å². The summed E-state index contributed by atoms with van der Waals surface area (Å²) in [5, 5.41) is 1.69. The molecule has 98 valence electrons. The molecule has 18 heavy (non-hydrogen) atoms. The van der Waals surface area contributed by atoms with Crippen molar-refractivity contribution in [3.8, 4) is 0 Å². The smallest absolute Gasteiger partial charge is 0.322 e. The van der Waals surface area contributed by atoms with Crippen LogP contribution in [-0.2, 0) is 9.63 Å².